The predicted octanol–water partition coefficient (Wildman–Crippen LogP) is 2.22. The van der Waals surface area contributed by atoms with Crippen LogP contribution in [0.1, 0.15) is 26.7 Å². The minimum atomic E-state index is -0.518. The van der Waals surface area contributed by atoms with Crippen molar-refractivity contribution >= 4 is 5.82 Å². The summed E-state index contributed by atoms with van der Waals surface area (Å²) in [7, 11) is 1.63. The van der Waals surface area contributed by atoms with Gasteiger partial charge in [-0.15, -0.1) is 0 Å². The van der Waals surface area contributed by atoms with E-state index in [0.29, 0.717) is 24.9 Å². The van der Waals surface area contributed by atoms with Gasteiger partial charge in [0, 0.05) is 13.2 Å². The average Bonchev–Trinajstić information content (AvgIpc) is 2.34. The molecule has 1 aromatic heterocycles. The van der Waals surface area contributed by atoms with Crippen molar-refractivity contribution in [2.24, 2.45) is 0 Å². The summed E-state index contributed by atoms with van der Waals surface area (Å²) >= 11 is 0. The molecule has 5 heteroatoms. The first kappa shape index (κ1) is 14.7. The van der Waals surface area contributed by atoms with Gasteiger partial charge in [-0.2, -0.15) is 4.98 Å². The fourth-order valence-corrected chi connectivity index (χ4v) is 1.27. The lowest BCUT2D eigenvalue weighted by Crippen LogP contribution is -2.27. The Morgan fingerprint density at radius 1 is 1.22 bits per heavy atom. The number of pyridine rings is 1. The van der Waals surface area contributed by atoms with Crippen LogP contribution in [0.3, 0.4) is 0 Å². The molecule has 0 radical (unpaired) electrons. The van der Waals surface area contributed by atoms with E-state index in [9.17, 15) is 0 Å². The maximum atomic E-state index is 5.55. The Morgan fingerprint density at radius 3 is 2.61 bits per heavy atom. The molecule has 102 valence electrons. The predicted molar refractivity (Wildman–Crippen MR) is 70.4 cm³/mol. The SMILES string of the molecule is COC(C)(C)OCCCCOc1cccc(N)n1. The molecule has 0 aromatic carbocycles. The fourth-order valence-electron chi connectivity index (χ4n) is 1.27. The van der Waals surface area contributed by atoms with Crippen LogP contribution < -0.4 is 10.5 Å². The van der Waals surface area contributed by atoms with E-state index in [4.69, 9.17) is 19.9 Å². The van der Waals surface area contributed by atoms with Crippen molar-refractivity contribution in [3.63, 3.8) is 0 Å². The molecule has 0 aliphatic carbocycles. The average molecular weight is 254 g/mol. The number of ether oxygens (including phenoxy) is 3. The van der Waals surface area contributed by atoms with Gasteiger partial charge in [0.2, 0.25) is 5.88 Å². The highest BCUT2D eigenvalue weighted by atomic mass is 16.7. The summed E-state index contributed by atoms with van der Waals surface area (Å²) in [4.78, 5) is 4.05. The second-order valence-corrected chi connectivity index (χ2v) is 4.41. The van der Waals surface area contributed by atoms with E-state index >= 15 is 0 Å². The van der Waals surface area contributed by atoms with Crippen molar-refractivity contribution in [3.05, 3.63) is 18.2 Å². The maximum Gasteiger partial charge on any atom is 0.215 e. The van der Waals surface area contributed by atoms with Gasteiger partial charge in [-0.1, -0.05) is 6.07 Å². The summed E-state index contributed by atoms with van der Waals surface area (Å²) in [5, 5.41) is 0. The van der Waals surface area contributed by atoms with Gasteiger partial charge in [-0.3, -0.25) is 0 Å². The van der Waals surface area contributed by atoms with Crippen LogP contribution >= 0.6 is 0 Å². The molecule has 2 N–H and O–H groups in total. The lowest BCUT2D eigenvalue weighted by Gasteiger charge is -2.23. The second kappa shape index (κ2) is 7.18. The number of unbranched alkanes of at least 4 members (excludes halogenated alkanes) is 1. The Bertz CT molecular complexity index is 356. The van der Waals surface area contributed by atoms with E-state index < -0.39 is 5.79 Å². The van der Waals surface area contributed by atoms with Gasteiger partial charge in [0.25, 0.3) is 0 Å². The topological polar surface area (TPSA) is 66.6 Å². The Morgan fingerprint density at radius 2 is 1.94 bits per heavy atom. The minimum Gasteiger partial charge on any atom is -0.478 e. The molecule has 0 saturated carbocycles. The smallest absolute Gasteiger partial charge is 0.215 e. The second-order valence-electron chi connectivity index (χ2n) is 4.41. The molecule has 0 aliphatic rings. The first-order chi connectivity index (χ1) is 8.53. The molecule has 5 nitrogen and oxygen atoms in total. The zero-order chi connectivity index (χ0) is 13.4. The first-order valence-corrected chi connectivity index (χ1v) is 6.08. The quantitative estimate of drug-likeness (QED) is 0.569. The molecule has 0 saturated heterocycles. The van der Waals surface area contributed by atoms with Gasteiger partial charge in [-0.05, 0) is 32.8 Å². The summed E-state index contributed by atoms with van der Waals surface area (Å²) in [5.74, 6) is 0.516. The lowest BCUT2D eigenvalue weighted by atomic mass is 10.3. The third kappa shape index (κ3) is 5.84. The molecule has 18 heavy (non-hydrogen) atoms. The highest BCUT2D eigenvalue weighted by Crippen LogP contribution is 2.11. The molecular weight excluding hydrogens is 232 g/mol. The van der Waals surface area contributed by atoms with Crippen LogP contribution in [0.25, 0.3) is 0 Å². The van der Waals surface area contributed by atoms with Gasteiger partial charge in [-0.25, -0.2) is 0 Å². The van der Waals surface area contributed by atoms with E-state index in [-0.39, 0.29) is 0 Å². The highest BCUT2D eigenvalue weighted by Gasteiger charge is 2.15. The van der Waals surface area contributed by atoms with Crippen molar-refractivity contribution in [1.82, 2.24) is 4.98 Å². The normalized spacial score (nSPS) is 11.5. The number of hydrogen-bond donors (Lipinski definition) is 1. The van der Waals surface area contributed by atoms with Crippen LogP contribution in [0.5, 0.6) is 5.88 Å². The van der Waals surface area contributed by atoms with Gasteiger partial charge in [0.05, 0.1) is 13.2 Å². The molecule has 1 aromatic rings. The molecule has 0 bridgehead atoms. The summed E-state index contributed by atoms with van der Waals surface area (Å²) in [6.45, 7) is 5.03. The monoisotopic (exact) mass is 254 g/mol. The van der Waals surface area contributed by atoms with Gasteiger partial charge in [0.1, 0.15) is 5.82 Å². The van der Waals surface area contributed by atoms with Crippen LogP contribution in [-0.2, 0) is 9.47 Å². The van der Waals surface area contributed by atoms with Gasteiger partial charge >= 0.3 is 0 Å². The highest BCUT2D eigenvalue weighted by molar-refractivity contribution is 5.30. The van der Waals surface area contributed by atoms with Crippen molar-refractivity contribution < 1.29 is 14.2 Å². The van der Waals surface area contributed by atoms with Crippen molar-refractivity contribution in [1.29, 1.82) is 0 Å². The molecule has 1 rings (SSSR count). The van der Waals surface area contributed by atoms with Crippen molar-refractivity contribution in [2.75, 3.05) is 26.1 Å². The number of rotatable bonds is 8. The van der Waals surface area contributed by atoms with E-state index in [1.54, 1.807) is 19.2 Å². The number of hydrogen-bond acceptors (Lipinski definition) is 5. The summed E-state index contributed by atoms with van der Waals surface area (Å²) in [5.41, 5.74) is 5.55. The molecule has 1 heterocycles. The summed E-state index contributed by atoms with van der Waals surface area (Å²) < 4.78 is 16.2. The Hall–Kier alpha value is -1.33. The zero-order valence-electron chi connectivity index (χ0n) is 11.3. The van der Waals surface area contributed by atoms with E-state index in [1.807, 2.05) is 19.9 Å². The van der Waals surface area contributed by atoms with Crippen LogP contribution in [0.4, 0.5) is 5.82 Å². The van der Waals surface area contributed by atoms with E-state index in [1.165, 1.54) is 0 Å². The van der Waals surface area contributed by atoms with Crippen LogP contribution in [0, 0.1) is 0 Å². The molecule has 0 amide bonds. The number of aromatic nitrogens is 1. The van der Waals surface area contributed by atoms with Crippen LogP contribution in [0.2, 0.25) is 0 Å². The van der Waals surface area contributed by atoms with E-state index in [0.717, 1.165) is 12.8 Å². The van der Waals surface area contributed by atoms with Crippen LogP contribution in [-0.4, -0.2) is 31.1 Å². The fraction of sp³-hybridized carbons (Fsp3) is 0.615. The largest absolute Gasteiger partial charge is 0.478 e. The third-order valence-corrected chi connectivity index (χ3v) is 2.47. The van der Waals surface area contributed by atoms with Gasteiger partial charge < -0.3 is 19.9 Å². The Kier molecular flexibility index (Phi) is 5.88. The first-order valence-electron chi connectivity index (χ1n) is 6.08. The van der Waals surface area contributed by atoms with Crippen LogP contribution in [0.15, 0.2) is 18.2 Å². The van der Waals surface area contributed by atoms with Gasteiger partial charge in [0.15, 0.2) is 5.79 Å². The molecule has 0 fully saturated rings. The standard InChI is InChI=1S/C13H22N2O3/c1-13(2,16-3)18-10-5-4-9-17-12-8-6-7-11(14)15-12/h6-8H,4-5,9-10H2,1-3H3,(H2,14,15). The number of methoxy groups -OCH3 is 1. The van der Waals surface area contributed by atoms with Crippen molar-refractivity contribution in [2.45, 2.75) is 32.5 Å². The lowest BCUT2D eigenvalue weighted by molar-refractivity contribution is -0.197. The number of nitrogens with zero attached hydrogens (tertiary/aromatic N) is 1. The maximum absolute atomic E-state index is 5.55. The Labute approximate surface area is 108 Å². The number of nitrogen functional groups attached to an aromatic ring is 1. The Balaban J connectivity index is 2.09. The molecule has 0 spiro atoms. The third-order valence-electron chi connectivity index (χ3n) is 2.47. The molecule has 0 atom stereocenters. The van der Waals surface area contributed by atoms with Crippen molar-refractivity contribution in [3.8, 4) is 5.88 Å². The minimum absolute atomic E-state index is 0.470. The number of nitrogens with two attached hydrogens (primary N) is 1. The zero-order valence-corrected chi connectivity index (χ0v) is 11.3. The molecular formula is C13H22N2O3. The van der Waals surface area contributed by atoms with E-state index in [2.05, 4.69) is 4.98 Å². The molecule has 0 aliphatic heterocycles. The molecule has 0 unspecified atom stereocenters. The number of anilines is 1. The summed E-state index contributed by atoms with van der Waals surface area (Å²) in [6.07, 6.45) is 1.81. The summed E-state index contributed by atoms with van der Waals surface area (Å²) in [6, 6.07) is 5.34.